The molecule has 1 amide bonds. The van der Waals surface area contributed by atoms with Crippen LogP contribution in [0.15, 0.2) is 66.2 Å². The van der Waals surface area contributed by atoms with Gasteiger partial charge in [0.1, 0.15) is 23.9 Å². The summed E-state index contributed by atoms with van der Waals surface area (Å²) in [6, 6.07) is 18.2. The highest BCUT2D eigenvalue weighted by Gasteiger charge is 2.46. The zero-order chi connectivity index (χ0) is 27.4. The molecule has 198 valence electrons. The van der Waals surface area contributed by atoms with E-state index < -0.39 is 17.7 Å². The van der Waals surface area contributed by atoms with Crippen LogP contribution in [0.1, 0.15) is 39.4 Å². The maximum absolute atomic E-state index is 13.3. The molecule has 4 rings (SSSR count). The van der Waals surface area contributed by atoms with Crippen molar-refractivity contribution in [1.82, 2.24) is 4.90 Å². The van der Waals surface area contributed by atoms with Crippen LogP contribution in [0.3, 0.4) is 0 Å². The third-order valence-electron chi connectivity index (χ3n) is 6.68. The van der Waals surface area contributed by atoms with Crippen LogP contribution in [-0.2, 0) is 20.9 Å². The van der Waals surface area contributed by atoms with E-state index in [9.17, 15) is 14.7 Å². The van der Waals surface area contributed by atoms with Crippen LogP contribution in [0.5, 0.6) is 11.5 Å². The molecule has 7 nitrogen and oxygen atoms in total. The van der Waals surface area contributed by atoms with E-state index in [1.54, 1.807) is 18.2 Å². The third-order valence-corrected chi connectivity index (χ3v) is 6.68. The summed E-state index contributed by atoms with van der Waals surface area (Å²) in [5.74, 6) is -0.591. The van der Waals surface area contributed by atoms with Crippen molar-refractivity contribution in [3.05, 3.63) is 99.6 Å². The van der Waals surface area contributed by atoms with Gasteiger partial charge in [0.2, 0.25) is 0 Å². The standard InChI is InChI=1S/C31H33NO6/c1-19-6-8-22(9-7-19)18-38-24-12-10-23(11-13-24)27-26(29(34)31(35)32(27)14-15-36-4)28(33)25-17-20(2)16-21(3)30(25)37-5/h6-13,16-17,27,33H,14-15,18H2,1-5H3/b28-26+. The van der Waals surface area contributed by atoms with Crippen molar-refractivity contribution >= 4 is 17.4 Å². The Hall–Kier alpha value is -4.10. The number of aliphatic hydroxyl groups is 1. The topological polar surface area (TPSA) is 85.3 Å². The van der Waals surface area contributed by atoms with Gasteiger partial charge in [0.25, 0.3) is 11.7 Å². The molecule has 0 saturated carbocycles. The Balaban J connectivity index is 1.73. The number of likely N-dealkylation sites (tertiary alicyclic amines) is 1. The number of methoxy groups -OCH3 is 2. The summed E-state index contributed by atoms with van der Waals surface area (Å²) in [4.78, 5) is 27.8. The highest BCUT2D eigenvalue weighted by molar-refractivity contribution is 6.46. The first kappa shape index (κ1) is 26.9. The Morgan fingerprint density at radius 1 is 0.921 bits per heavy atom. The summed E-state index contributed by atoms with van der Waals surface area (Å²) >= 11 is 0. The number of ether oxygens (including phenoxy) is 3. The fourth-order valence-electron chi connectivity index (χ4n) is 4.79. The summed E-state index contributed by atoms with van der Waals surface area (Å²) < 4.78 is 16.7. The van der Waals surface area contributed by atoms with E-state index in [2.05, 4.69) is 0 Å². The average Bonchev–Trinajstić information content (AvgIpc) is 3.16. The van der Waals surface area contributed by atoms with Gasteiger partial charge in [-0.3, -0.25) is 9.59 Å². The van der Waals surface area contributed by atoms with Crippen LogP contribution in [0.2, 0.25) is 0 Å². The number of Topliss-reactive ketones (excluding diaryl/α,β-unsaturated/α-hetero) is 1. The van der Waals surface area contributed by atoms with E-state index in [1.807, 2.05) is 63.2 Å². The smallest absolute Gasteiger partial charge is 0.295 e. The Bertz CT molecular complexity index is 1360. The number of aryl methyl sites for hydroxylation is 3. The minimum absolute atomic E-state index is 0.0164. The first-order valence-electron chi connectivity index (χ1n) is 12.5. The molecule has 1 aliphatic rings. The zero-order valence-corrected chi connectivity index (χ0v) is 22.4. The highest BCUT2D eigenvalue weighted by atomic mass is 16.5. The molecule has 1 atom stereocenters. The van der Waals surface area contributed by atoms with Gasteiger partial charge in [0.05, 0.1) is 30.9 Å². The van der Waals surface area contributed by atoms with Crippen LogP contribution in [0.4, 0.5) is 0 Å². The Morgan fingerprint density at radius 3 is 2.24 bits per heavy atom. The molecule has 3 aromatic carbocycles. The second-order valence-electron chi connectivity index (χ2n) is 9.49. The van der Waals surface area contributed by atoms with Crippen molar-refractivity contribution in [3.8, 4) is 11.5 Å². The molecule has 38 heavy (non-hydrogen) atoms. The van der Waals surface area contributed by atoms with Gasteiger partial charge in [0, 0.05) is 13.7 Å². The van der Waals surface area contributed by atoms with Crippen molar-refractivity contribution in [3.63, 3.8) is 0 Å². The molecule has 1 heterocycles. The minimum atomic E-state index is -0.790. The number of carbonyl (C=O) groups is 2. The van der Waals surface area contributed by atoms with Crippen molar-refractivity contribution < 1.29 is 28.9 Å². The summed E-state index contributed by atoms with van der Waals surface area (Å²) in [5.41, 5.74) is 5.00. The average molecular weight is 516 g/mol. The molecule has 1 saturated heterocycles. The molecule has 1 fully saturated rings. The quantitative estimate of drug-likeness (QED) is 0.238. The molecule has 0 aliphatic carbocycles. The predicted molar refractivity (Wildman–Crippen MR) is 145 cm³/mol. The van der Waals surface area contributed by atoms with Crippen LogP contribution in [-0.4, -0.2) is 49.1 Å². The first-order chi connectivity index (χ1) is 18.2. The molecule has 0 bridgehead atoms. The first-order valence-corrected chi connectivity index (χ1v) is 12.5. The number of carbonyl (C=O) groups excluding carboxylic acids is 2. The Kier molecular flexibility index (Phi) is 8.17. The fraction of sp³-hybridized carbons (Fsp3) is 0.290. The van der Waals surface area contributed by atoms with Gasteiger partial charge in [-0.05, 0) is 61.2 Å². The normalized spacial score (nSPS) is 16.7. The lowest BCUT2D eigenvalue weighted by Gasteiger charge is -2.25. The lowest BCUT2D eigenvalue weighted by atomic mass is 9.93. The number of aliphatic hydroxyl groups excluding tert-OH is 1. The van der Waals surface area contributed by atoms with Gasteiger partial charge in [-0.1, -0.05) is 48.0 Å². The summed E-state index contributed by atoms with van der Waals surface area (Å²) in [5, 5.41) is 11.5. The lowest BCUT2D eigenvalue weighted by Crippen LogP contribution is -2.32. The van der Waals surface area contributed by atoms with E-state index in [4.69, 9.17) is 14.2 Å². The zero-order valence-electron chi connectivity index (χ0n) is 22.4. The number of amides is 1. The molecule has 0 spiro atoms. The monoisotopic (exact) mass is 515 g/mol. The molecule has 7 heteroatoms. The summed E-state index contributed by atoms with van der Waals surface area (Å²) in [6.45, 7) is 6.65. The summed E-state index contributed by atoms with van der Waals surface area (Å²) in [6.07, 6.45) is 0. The molecule has 3 aromatic rings. The van der Waals surface area contributed by atoms with Gasteiger partial charge < -0.3 is 24.2 Å². The molecule has 1 aliphatic heterocycles. The van der Waals surface area contributed by atoms with E-state index >= 15 is 0 Å². The summed E-state index contributed by atoms with van der Waals surface area (Å²) in [7, 11) is 3.05. The molecule has 0 radical (unpaired) electrons. The van der Waals surface area contributed by atoms with Gasteiger partial charge >= 0.3 is 0 Å². The van der Waals surface area contributed by atoms with Gasteiger partial charge in [-0.2, -0.15) is 0 Å². The van der Waals surface area contributed by atoms with Crippen molar-refractivity contribution in [2.45, 2.75) is 33.4 Å². The van der Waals surface area contributed by atoms with Crippen LogP contribution in [0.25, 0.3) is 5.76 Å². The van der Waals surface area contributed by atoms with E-state index in [-0.39, 0.29) is 24.5 Å². The second-order valence-corrected chi connectivity index (χ2v) is 9.49. The second kappa shape index (κ2) is 11.5. The van der Waals surface area contributed by atoms with Crippen LogP contribution < -0.4 is 9.47 Å². The molecule has 1 N–H and O–H groups in total. The molecule has 0 aromatic heterocycles. The van der Waals surface area contributed by atoms with Crippen LogP contribution >= 0.6 is 0 Å². The van der Waals surface area contributed by atoms with Gasteiger partial charge in [0.15, 0.2) is 0 Å². The number of nitrogens with zero attached hydrogens (tertiary/aromatic N) is 1. The van der Waals surface area contributed by atoms with E-state index in [1.165, 1.54) is 24.7 Å². The molecular formula is C31H33NO6. The SMILES string of the molecule is COCCN1C(=O)C(=O)/C(=C(/O)c2cc(C)cc(C)c2OC)C1c1ccc(OCc2ccc(C)cc2)cc1. The van der Waals surface area contributed by atoms with E-state index in [0.29, 0.717) is 29.2 Å². The number of hydrogen-bond donors (Lipinski definition) is 1. The van der Waals surface area contributed by atoms with Crippen molar-refractivity contribution in [1.29, 1.82) is 0 Å². The maximum Gasteiger partial charge on any atom is 0.295 e. The highest BCUT2D eigenvalue weighted by Crippen LogP contribution is 2.42. The van der Waals surface area contributed by atoms with Crippen LogP contribution in [0, 0.1) is 20.8 Å². The number of ketones is 1. The molecule has 1 unspecified atom stereocenters. The van der Waals surface area contributed by atoms with Crippen molar-refractivity contribution in [2.24, 2.45) is 0 Å². The van der Waals surface area contributed by atoms with Gasteiger partial charge in [-0.15, -0.1) is 0 Å². The van der Waals surface area contributed by atoms with Crippen molar-refractivity contribution in [2.75, 3.05) is 27.4 Å². The number of hydrogen-bond acceptors (Lipinski definition) is 6. The Labute approximate surface area is 223 Å². The minimum Gasteiger partial charge on any atom is -0.507 e. The third kappa shape index (κ3) is 5.43. The Morgan fingerprint density at radius 2 is 1.61 bits per heavy atom. The lowest BCUT2D eigenvalue weighted by molar-refractivity contribution is -0.140. The maximum atomic E-state index is 13.3. The van der Waals surface area contributed by atoms with E-state index in [0.717, 1.165) is 16.7 Å². The number of rotatable bonds is 9. The fourth-order valence-corrected chi connectivity index (χ4v) is 4.79. The van der Waals surface area contributed by atoms with Gasteiger partial charge in [-0.25, -0.2) is 0 Å². The largest absolute Gasteiger partial charge is 0.507 e. The molecular weight excluding hydrogens is 482 g/mol. The predicted octanol–water partition coefficient (Wildman–Crippen LogP) is 5.27. The number of benzene rings is 3.